The maximum absolute atomic E-state index is 13.1. The van der Waals surface area contributed by atoms with Crippen molar-refractivity contribution in [3.63, 3.8) is 0 Å². The molecule has 1 aliphatic heterocycles. The molecule has 2 heterocycles. The lowest BCUT2D eigenvalue weighted by Crippen LogP contribution is -2.51. The zero-order valence-electron chi connectivity index (χ0n) is 14.8. The normalized spacial score (nSPS) is 18.6. The van der Waals surface area contributed by atoms with Gasteiger partial charge in [0.05, 0.1) is 24.2 Å². The first-order valence-corrected chi connectivity index (χ1v) is 8.61. The first kappa shape index (κ1) is 17.3. The number of para-hydroxylation sites is 2. The van der Waals surface area contributed by atoms with E-state index in [1.165, 1.54) is 7.11 Å². The highest BCUT2D eigenvalue weighted by molar-refractivity contribution is 5.86. The summed E-state index contributed by atoms with van der Waals surface area (Å²) in [4.78, 5) is 34.4. The van der Waals surface area contributed by atoms with Crippen LogP contribution in [-0.2, 0) is 9.53 Å². The van der Waals surface area contributed by atoms with Crippen molar-refractivity contribution in [3.05, 3.63) is 30.1 Å². The second-order valence-corrected chi connectivity index (χ2v) is 6.69. The van der Waals surface area contributed by atoms with E-state index >= 15 is 0 Å². The number of benzene rings is 1. The van der Waals surface area contributed by atoms with E-state index in [1.54, 1.807) is 0 Å². The molecule has 1 unspecified atom stereocenters. The van der Waals surface area contributed by atoms with Crippen LogP contribution in [0.3, 0.4) is 0 Å². The fraction of sp³-hybridized carbons (Fsp3) is 0.500. The van der Waals surface area contributed by atoms with E-state index in [4.69, 9.17) is 0 Å². The lowest BCUT2D eigenvalue weighted by Gasteiger charge is -2.29. The Morgan fingerprint density at radius 2 is 2.12 bits per heavy atom. The lowest BCUT2D eigenvalue weighted by molar-refractivity contribution is -0.135. The summed E-state index contributed by atoms with van der Waals surface area (Å²) in [6, 6.07) is 7.11. The standard InChI is InChI=1S/C18H24N4O3/c1-11(2)15(21-18(24)25-3)17(23)22-10-6-9-14(22)16-19-12-7-4-5-8-13(12)20-16/h4-5,7-8,11,14-15H,6,9-10H2,1-3H3,(H,19,20)(H,21,24)/t14-,15?/m0/s1. The molecule has 1 aliphatic rings. The van der Waals surface area contributed by atoms with Crippen LogP contribution in [0.4, 0.5) is 4.79 Å². The highest BCUT2D eigenvalue weighted by Crippen LogP contribution is 2.32. The Hall–Kier alpha value is -2.57. The summed E-state index contributed by atoms with van der Waals surface area (Å²) in [6.45, 7) is 4.47. The number of hydrogen-bond acceptors (Lipinski definition) is 4. The van der Waals surface area contributed by atoms with E-state index in [-0.39, 0.29) is 17.9 Å². The molecule has 2 amide bonds. The van der Waals surface area contributed by atoms with Crippen molar-refractivity contribution in [1.29, 1.82) is 0 Å². The molecule has 0 radical (unpaired) electrons. The van der Waals surface area contributed by atoms with Crippen molar-refractivity contribution in [2.24, 2.45) is 5.92 Å². The number of carbonyl (C=O) groups is 2. The third-order valence-electron chi connectivity index (χ3n) is 4.65. The van der Waals surface area contributed by atoms with Gasteiger partial charge in [-0.05, 0) is 30.9 Å². The predicted molar refractivity (Wildman–Crippen MR) is 93.9 cm³/mol. The van der Waals surface area contributed by atoms with Crippen LogP contribution in [-0.4, -0.2) is 46.6 Å². The van der Waals surface area contributed by atoms with E-state index in [9.17, 15) is 9.59 Å². The van der Waals surface area contributed by atoms with Gasteiger partial charge in [0.2, 0.25) is 5.91 Å². The number of fused-ring (bicyclic) bond motifs is 1. The molecule has 7 nitrogen and oxygen atoms in total. The minimum atomic E-state index is -0.613. The zero-order valence-corrected chi connectivity index (χ0v) is 14.8. The third kappa shape index (κ3) is 3.45. The zero-order chi connectivity index (χ0) is 18.0. The summed E-state index contributed by atoms with van der Waals surface area (Å²) in [5.41, 5.74) is 1.86. The molecule has 2 aromatic rings. The van der Waals surface area contributed by atoms with Gasteiger partial charge in [0.1, 0.15) is 11.9 Å². The van der Waals surface area contributed by atoms with Crippen LogP contribution < -0.4 is 5.32 Å². The Balaban J connectivity index is 1.84. The Bertz CT molecular complexity index is 738. The molecule has 1 aromatic heterocycles. The maximum Gasteiger partial charge on any atom is 0.407 e. The molecular weight excluding hydrogens is 320 g/mol. The molecule has 1 saturated heterocycles. The smallest absolute Gasteiger partial charge is 0.407 e. The molecule has 3 rings (SSSR count). The molecule has 0 spiro atoms. The number of alkyl carbamates (subject to hydrolysis) is 1. The number of likely N-dealkylation sites (tertiary alicyclic amines) is 1. The summed E-state index contributed by atoms with van der Waals surface area (Å²) in [5.74, 6) is 0.666. The van der Waals surface area contributed by atoms with Crippen molar-refractivity contribution in [3.8, 4) is 0 Å². The topological polar surface area (TPSA) is 87.3 Å². The van der Waals surface area contributed by atoms with Crippen LogP contribution >= 0.6 is 0 Å². The first-order valence-electron chi connectivity index (χ1n) is 8.61. The minimum Gasteiger partial charge on any atom is -0.453 e. The molecule has 2 N–H and O–H groups in total. The second-order valence-electron chi connectivity index (χ2n) is 6.69. The summed E-state index contributed by atoms with van der Waals surface area (Å²) >= 11 is 0. The summed E-state index contributed by atoms with van der Waals surface area (Å²) in [5, 5.41) is 2.66. The third-order valence-corrected chi connectivity index (χ3v) is 4.65. The Kier molecular flexibility index (Phi) is 4.92. The van der Waals surface area contributed by atoms with E-state index in [2.05, 4.69) is 20.0 Å². The number of nitrogens with one attached hydrogen (secondary N) is 2. The molecule has 2 atom stereocenters. The van der Waals surface area contributed by atoms with Crippen LogP contribution in [0.25, 0.3) is 11.0 Å². The first-order chi connectivity index (χ1) is 12.0. The highest BCUT2D eigenvalue weighted by atomic mass is 16.5. The Morgan fingerprint density at radius 1 is 1.36 bits per heavy atom. The monoisotopic (exact) mass is 344 g/mol. The number of aromatic nitrogens is 2. The van der Waals surface area contributed by atoms with Gasteiger partial charge >= 0.3 is 6.09 Å². The Labute approximate surface area is 146 Å². The molecule has 134 valence electrons. The van der Waals surface area contributed by atoms with Gasteiger partial charge in [0, 0.05) is 6.54 Å². The quantitative estimate of drug-likeness (QED) is 0.892. The maximum atomic E-state index is 13.1. The van der Waals surface area contributed by atoms with Crippen molar-refractivity contribution in [1.82, 2.24) is 20.2 Å². The van der Waals surface area contributed by atoms with Gasteiger partial charge in [-0.25, -0.2) is 9.78 Å². The average molecular weight is 344 g/mol. The Morgan fingerprint density at radius 3 is 2.80 bits per heavy atom. The van der Waals surface area contributed by atoms with Gasteiger partial charge in [-0.15, -0.1) is 0 Å². The lowest BCUT2D eigenvalue weighted by atomic mass is 10.0. The van der Waals surface area contributed by atoms with Crippen LogP contribution in [0.2, 0.25) is 0 Å². The highest BCUT2D eigenvalue weighted by Gasteiger charge is 2.37. The van der Waals surface area contributed by atoms with Crippen molar-refractivity contribution >= 4 is 23.0 Å². The van der Waals surface area contributed by atoms with Crippen LogP contribution in [0.1, 0.15) is 38.6 Å². The van der Waals surface area contributed by atoms with E-state index in [0.717, 1.165) is 29.7 Å². The number of nitrogens with zero attached hydrogens (tertiary/aromatic N) is 2. The number of rotatable bonds is 4. The van der Waals surface area contributed by atoms with Crippen LogP contribution in [0.15, 0.2) is 24.3 Å². The largest absolute Gasteiger partial charge is 0.453 e. The number of hydrogen-bond donors (Lipinski definition) is 2. The number of H-pyrrole nitrogens is 1. The minimum absolute atomic E-state index is 0.0384. The molecule has 7 heteroatoms. The van der Waals surface area contributed by atoms with Gasteiger partial charge in [0.15, 0.2) is 0 Å². The van der Waals surface area contributed by atoms with Gasteiger partial charge in [-0.1, -0.05) is 26.0 Å². The molecule has 1 aromatic carbocycles. The number of carbonyl (C=O) groups excluding carboxylic acids is 2. The average Bonchev–Trinajstić information content (AvgIpc) is 3.24. The number of amides is 2. The second kappa shape index (κ2) is 7.13. The van der Waals surface area contributed by atoms with Gasteiger partial charge in [-0.3, -0.25) is 4.79 Å². The van der Waals surface area contributed by atoms with Gasteiger partial charge < -0.3 is 19.9 Å². The van der Waals surface area contributed by atoms with Gasteiger partial charge in [0.25, 0.3) is 0 Å². The van der Waals surface area contributed by atoms with E-state index in [1.807, 2.05) is 43.0 Å². The molecule has 0 saturated carbocycles. The molecule has 1 fully saturated rings. The van der Waals surface area contributed by atoms with Crippen molar-refractivity contribution in [2.75, 3.05) is 13.7 Å². The fourth-order valence-electron chi connectivity index (χ4n) is 3.32. The fourth-order valence-corrected chi connectivity index (χ4v) is 3.32. The number of methoxy groups -OCH3 is 1. The van der Waals surface area contributed by atoms with Crippen LogP contribution in [0.5, 0.6) is 0 Å². The molecule has 0 bridgehead atoms. The number of imidazole rings is 1. The number of aromatic amines is 1. The summed E-state index contributed by atoms with van der Waals surface area (Å²) < 4.78 is 4.66. The van der Waals surface area contributed by atoms with Gasteiger partial charge in [-0.2, -0.15) is 0 Å². The molecule has 0 aliphatic carbocycles. The van der Waals surface area contributed by atoms with Crippen molar-refractivity contribution in [2.45, 2.75) is 38.8 Å². The summed E-state index contributed by atoms with van der Waals surface area (Å²) in [7, 11) is 1.30. The van der Waals surface area contributed by atoms with E-state index in [0.29, 0.717) is 6.54 Å². The molecule has 25 heavy (non-hydrogen) atoms. The predicted octanol–water partition coefficient (Wildman–Crippen LogP) is 2.61. The number of ether oxygens (including phenoxy) is 1. The molecular formula is C18H24N4O3. The SMILES string of the molecule is COC(=O)NC(C(=O)N1CCC[C@H]1c1nc2ccccc2[nH]1)C(C)C. The van der Waals surface area contributed by atoms with E-state index < -0.39 is 12.1 Å². The van der Waals surface area contributed by atoms with Crippen LogP contribution in [0, 0.1) is 5.92 Å². The van der Waals surface area contributed by atoms with Crippen molar-refractivity contribution < 1.29 is 14.3 Å². The summed E-state index contributed by atoms with van der Waals surface area (Å²) in [6.07, 6.45) is 1.18.